The predicted molar refractivity (Wildman–Crippen MR) is 36.1 cm³/mol. The predicted octanol–water partition coefficient (Wildman–Crippen LogP) is 1.70. The molecule has 3 heteroatoms. The molecule has 0 aliphatic carbocycles. The molecule has 0 unspecified atom stereocenters. The van der Waals surface area contributed by atoms with Crippen molar-refractivity contribution in [3.8, 4) is 0 Å². The molecule has 0 aliphatic rings. The second-order valence-corrected chi connectivity index (χ2v) is 2.06. The average Bonchev–Trinajstić information content (AvgIpc) is 2.34. The van der Waals surface area contributed by atoms with Crippen LogP contribution in [0, 0.1) is 5.95 Å². The van der Waals surface area contributed by atoms with Crippen LogP contribution in [0.25, 0.3) is 10.9 Å². The molecule has 0 saturated heterocycles. The van der Waals surface area contributed by atoms with Crippen LogP contribution in [0.1, 0.15) is 0 Å². The number of aromatic amines is 1. The molecule has 1 heterocycles. The van der Waals surface area contributed by atoms with Crippen LogP contribution in [-0.2, 0) is 0 Å². The maximum atomic E-state index is 12.6. The molecule has 0 atom stereocenters. The van der Waals surface area contributed by atoms with Gasteiger partial charge in [0, 0.05) is 0 Å². The van der Waals surface area contributed by atoms with E-state index in [0.29, 0.717) is 5.39 Å². The lowest BCUT2D eigenvalue weighted by molar-refractivity contribution is 0.588. The van der Waals surface area contributed by atoms with Gasteiger partial charge in [0.25, 0.3) is 0 Å². The van der Waals surface area contributed by atoms with Crippen LogP contribution in [-0.4, -0.2) is 10.2 Å². The highest BCUT2D eigenvalue weighted by Gasteiger charge is 2.00. The Hall–Kier alpha value is -1.38. The molecule has 50 valence electrons. The Kier molecular flexibility index (Phi) is 0.974. The minimum absolute atomic E-state index is 0.435. The Morgan fingerprint density at radius 1 is 1.30 bits per heavy atom. The van der Waals surface area contributed by atoms with Gasteiger partial charge in [0.05, 0.1) is 10.9 Å². The molecule has 0 bridgehead atoms. The van der Waals surface area contributed by atoms with Gasteiger partial charge in [0.2, 0.25) is 5.95 Å². The molecule has 0 aliphatic heterocycles. The SMILES string of the molecule is Fc1n[nH]c2ccccc12. The van der Waals surface area contributed by atoms with E-state index in [1.165, 1.54) is 0 Å². The summed E-state index contributed by atoms with van der Waals surface area (Å²) in [5.41, 5.74) is 0.736. The maximum Gasteiger partial charge on any atom is 0.240 e. The van der Waals surface area contributed by atoms with Crippen LogP contribution in [0.3, 0.4) is 0 Å². The molecule has 0 fully saturated rings. The fourth-order valence-electron chi connectivity index (χ4n) is 0.930. The number of hydrogen-bond donors (Lipinski definition) is 1. The van der Waals surface area contributed by atoms with Crippen LogP contribution >= 0.6 is 0 Å². The first-order valence-electron chi connectivity index (χ1n) is 2.96. The zero-order valence-corrected chi connectivity index (χ0v) is 5.13. The highest BCUT2D eigenvalue weighted by atomic mass is 19.1. The number of fused-ring (bicyclic) bond motifs is 1. The lowest BCUT2D eigenvalue weighted by Crippen LogP contribution is -1.69. The van der Waals surface area contributed by atoms with Gasteiger partial charge in [-0.3, -0.25) is 5.10 Å². The van der Waals surface area contributed by atoms with E-state index < -0.39 is 5.95 Å². The second kappa shape index (κ2) is 1.80. The number of aromatic nitrogens is 2. The molecule has 0 radical (unpaired) electrons. The molecule has 2 aromatic rings. The fourth-order valence-corrected chi connectivity index (χ4v) is 0.930. The summed E-state index contributed by atoms with van der Waals surface area (Å²) in [5, 5.41) is 6.51. The quantitative estimate of drug-likeness (QED) is 0.586. The summed E-state index contributed by atoms with van der Waals surface area (Å²) in [4.78, 5) is 0. The molecule has 2 nitrogen and oxygen atoms in total. The van der Waals surface area contributed by atoms with E-state index in [0.717, 1.165) is 5.52 Å². The van der Waals surface area contributed by atoms with Crippen LogP contribution in [0.2, 0.25) is 0 Å². The third-order valence-electron chi connectivity index (χ3n) is 1.42. The van der Waals surface area contributed by atoms with Crippen molar-refractivity contribution in [3.05, 3.63) is 30.2 Å². The number of nitrogens with one attached hydrogen (secondary N) is 1. The number of rotatable bonds is 0. The van der Waals surface area contributed by atoms with Gasteiger partial charge in [-0.15, -0.1) is 5.10 Å². The number of hydrogen-bond acceptors (Lipinski definition) is 1. The van der Waals surface area contributed by atoms with Gasteiger partial charge in [-0.1, -0.05) is 12.1 Å². The van der Waals surface area contributed by atoms with Crippen LogP contribution < -0.4 is 0 Å². The summed E-state index contributed by atoms with van der Waals surface area (Å²) in [6, 6.07) is 7.08. The fraction of sp³-hybridized carbons (Fsp3) is 0. The third kappa shape index (κ3) is 0.603. The summed E-state index contributed by atoms with van der Waals surface area (Å²) in [5.74, 6) is -0.435. The minimum Gasteiger partial charge on any atom is -0.275 e. The van der Waals surface area contributed by atoms with Gasteiger partial charge in [-0.05, 0) is 12.1 Å². The largest absolute Gasteiger partial charge is 0.275 e. The first kappa shape index (κ1) is 5.41. The highest BCUT2D eigenvalue weighted by molar-refractivity contribution is 5.78. The van der Waals surface area contributed by atoms with Crippen molar-refractivity contribution >= 4 is 10.9 Å². The molecule has 2 rings (SSSR count). The number of H-pyrrole nitrogens is 1. The summed E-state index contributed by atoms with van der Waals surface area (Å²) < 4.78 is 12.6. The average molecular weight is 136 g/mol. The lowest BCUT2D eigenvalue weighted by Gasteiger charge is -1.82. The number of halogens is 1. The van der Waals surface area contributed by atoms with E-state index in [2.05, 4.69) is 10.2 Å². The molecule has 1 aromatic carbocycles. The smallest absolute Gasteiger partial charge is 0.240 e. The number of nitrogens with zero attached hydrogens (tertiary/aromatic N) is 1. The van der Waals surface area contributed by atoms with E-state index in [4.69, 9.17) is 0 Å². The lowest BCUT2D eigenvalue weighted by atomic mass is 10.3. The zero-order chi connectivity index (χ0) is 6.97. The van der Waals surface area contributed by atoms with Crippen molar-refractivity contribution in [2.24, 2.45) is 0 Å². The standard InChI is InChI=1S/C7H5FN2/c8-7-5-3-1-2-4-6(5)9-10-7/h1-4H,(H,9,10). The van der Waals surface area contributed by atoms with E-state index in [9.17, 15) is 4.39 Å². The maximum absolute atomic E-state index is 12.6. The molecule has 1 N–H and O–H groups in total. The van der Waals surface area contributed by atoms with Crippen molar-refractivity contribution in [2.45, 2.75) is 0 Å². The van der Waals surface area contributed by atoms with Crippen LogP contribution in [0.15, 0.2) is 24.3 Å². The Bertz CT molecular complexity index is 353. The monoisotopic (exact) mass is 136 g/mol. The Morgan fingerprint density at radius 2 is 2.10 bits per heavy atom. The van der Waals surface area contributed by atoms with Gasteiger partial charge in [0.15, 0.2) is 0 Å². The number of benzene rings is 1. The molecular weight excluding hydrogens is 131 g/mol. The molecule has 10 heavy (non-hydrogen) atoms. The van der Waals surface area contributed by atoms with Gasteiger partial charge in [-0.2, -0.15) is 4.39 Å². The molecule has 0 saturated carbocycles. The van der Waals surface area contributed by atoms with E-state index in [1.54, 1.807) is 18.2 Å². The van der Waals surface area contributed by atoms with E-state index in [-0.39, 0.29) is 0 Å². The van der Waals surface area contributed by atoms with Gasteiger partial charge in [0.1, 0.15) is 0 Å². The number of para-hydroxylation sites is 1. The summed E-state index contributed by atoms with van der Waals surface area (Å²) in [6.45, 7) is 0. The first-order valence-corrected chi connectivity index (χ1v) is 2.96. The highest BCUT2D eigenvalue weighted by Crippen LogP contribution is 2.12. The van der Waals surface area contributed by atoms with Crippen molar-refractivity contribution in [2.75, 3.05) is 0 Å². The Labute approximate surface area is 56.7 Å². The molecular formula is C7H5FN2. The van der Waals surface area contributed by atoms with Crippen molar-refractivity contribution in [3.63, 3.8) is 0 Å². The van der Waals surface area contributed by atoms with Crippen LogP contribution in [0.4, 0.5) is 4.39 Å². The first-order chi connectivity index (χ1) is 4.88. The summed E-state index contributed by atoms with van der Waals surface area (Å²) in [6.07, 6.45) is 0. The van der Waals surface area contributed by atoms with Crippen molar-refractivity contribution < 1.29 is 4.39 Å². The summed E-state index contributed by atoms with van der Waals surface area (Å²) in [7, 11) is 0. The Morgan fingerprint density at radius 3 is 2.90 bits per heavy atom. The van der Waals surface area contributed by atoms with E-state index >= 15 is 0 Å². The van der Waals surface area contributed by atoms with E-state index in [1.807, 2.05) is 6.07 Å². The molecule has 1 aromatic heterocycles. The molecule has 0 spiro atoms. The Balaban J connectivity index is 2.93. The van der Waals surface area contributed by atoms with Gasteiger partial charge < -0.3 is 0 Å². The van der Waals surface area contributed by atoms with Crippen molar-refractivity contribution in [1.29, 1.82) is 0 Å². The second-order valence-electron chi connectivity index (χ2n) is 2.06. The topological polar surface area (TPSA) is 28.7 Å². The molecule has 0 amide bonds. The third-order valence-corrected chi connectivity index (χ3v) is 1.42. The van der Waals surface area contributed by atoms with Crippen molar-refractivity contribution in [1.82, 2.24) is 10.2 Å². The van der Waals surface area contributed by atoms with Gasteiger partial charge >= 0.3 is 0 Å². The normalized spacial score (nSPS) is 10.5. The van der Waals surface area contributed by atoms with Gasteiger partial charge in [-0.25, -0.2) is 0 Å². The zero-order valence-electron chi connectivity index (χ0n) is 5.13. The minimum atomic E-state index is -0.435. The summed E-state index contributed by atoms with van der Waals surface area (Å²) >= 11 is 0. The van der Waals surface area contributed by atoms with Crippen LogP contribution in [0.5, 0.6) is 0 Å².